The first-order valence-electron chi connectivity index (χ1n) is 6.29. The van der Waals surface area contributed by atoms with E-state index in [1.807, 2.05) is 0 Å². The number of carbonyl (C=O) groups excluding carboxylic acids is 1. The van der Waals surface area contributed by atoms with Crippen molar-refractivity contribution < 1.29 is 19.6 Å². The zero-order valence-electron chi connectivity index (χ0n) is 12.2. The molecule has 0 bridgehead atoms. The molecule has 2 rings (SSSR count). The van der Waals surface area contributed by atoms with Crippen molar-refractivity contribution in [2.24, 2.45) is 5.10 Å². The molecule has 0 aliphatic rings. The minimum Gasteiger partial charge on any atom is -0.870 e. The fourth-order valence-electron chi connectivity index (χ4n) is 1.63. The number of nitro groups is 1. The summed E-state index contributed by atoms with van der Waals surface area (Å²) in [7, 11) is 1.21. The molecule has 0 unspecified atom stereocenters. The molecule has 1 aromatic carbocycles. The number of nitrogens with two attached hydrogens (primary N) is 1. The van der Waals surface area contributed by atoms with Crippen LogP contribution in [-0.2, 0) is 11.3 Å². The highest BCUT2D eigenvalue weighted by Crippen LogP contribution is 2.31. The van der Waals surface area contributed by atoms with Gasteiger partial charge in [-0.25, -0.2) is 10.1 Å². The van der Waals surface area contributed by atoms with Gasteiger partial charge in [0.25, 0.3) is 11.6 Å². The number of hydrogen-bond acceptors (Lipinski definition) is 10. The zero-order valence-corrected chi connectivity index (χ0v) is 12.2. The van der Waals surface area contributed by atoms with Gasteiger partial charge >= 0.3 is 0 Å². The summed E-state index contributed by atoms with van der Waals surface area (Å²) in [6.45, 7) is -0.293. The number of methoxy groups -OCH3 is 1. The molecular weight excluding hydrogens is 324 g/mol. The van der Waals surface area contributed by atoms with Crippen molar-refractivity contribution in [2.45, 2.75) is 6.54 Å². The number of tetrazole rings is 1. The van der Waals surface area contributed by atoms with Gasteiger partial charge in [-0.1, -0.05) is 10.8 Å². The summed E-state index contributed by atoms with van der Waals surface area (Å²) in [5.74, 6) is -1.49. The summed E-state index contributed by atoms with van der Waals surface area (Å²) in [5.41, 5.74) is 7.05. The number of nitro benzene ring substituents is 1. The van der Waals surface area contributed by atoms with Crippen LogP contribution in [0, 0.1) is 10.1 Å². The molecule has 13 nitrogen and oxygen atoms in total. The molecule has 0 aliphatic carbocycles. The van der Waals surface area contributed by atoms with Crippen molar-refractivity contribution in [3.05, 3.63) is 27.8 Å². The molecule has 0 fully saturated rings. The van der Waals surface area contributed by atoms with Gasteiger partial charge in [0, 0.05) is 6.07 Å². The van der Waals surface area contributed by atoms with Crippen molar-refractivity contribution in [2.75, 3.05) is 12.8 Å². The van der Waals surface area contributed by atoms with Gasteiger partial charge in [-0.2, -0.15) is 5.10 Å². The van der Waals surface area contributed by atoms with Crippen molar-refractivity contribution in [3.63, 3.8) is 0 Å². The molecule has 0 radical (unpaired) electrons. The van der Waals surface area contributed by atoms with Crippen LogP contribution in [0.25, 0.3) is 0 Å². The monoisotopic (exact) mass is 335 g/mol. The van der Waals surface area contributed by atoms with E-state index in [4.69, 9.17) is 10.5 Å². The van der Waals surface area contributed by atoms with Crippen LogP contribution in [0.2, 0.25) is 0 Å². The number of hydrogen-bond donors (Lipinski definition) is 2. The number of amides is 1. The highest BCUT2D eigenvalue weighted by Gasteiger charge is 2.11. The first-order valence-corrected chi connectivity index (χ1v) is 6.29. The molecule has 1 heterocycles. The van der Waals surface area contributed by atoms with E-state index in [0.29, 0.717) is 0 Å². The number of non-ortho nitro benzene ring substituents is 1. The third-order valence-corrected chi connectivity index (χ3v) is 2.74. The summed E-state index contributed by atoms with van der Waals surface area (Å²) in [6, 6.07) is 2.01. The second kappa shape index (κ2) is 6.99. The van der Waals surface area contributed by atoms with E-state index in [1.54, 1.807) is 0 Å². The molecule has 1 amide bonds. The SMILES string of the molecule is COc1cc([N+](=O)[O-])cc(C=NNC(=O)Cn2nnnc2N)c1[O-]. The quantitative estimate of drug-likeness (QED) is 0.356. The molecule has 3 N–H and O–H groups in total. The van der Waals surface area contributed by atoms with Gasteiger partial charge in [0.2, 0.25) is 5.95 Å². The lowest BCUT2D eigenvalue weighted by molar-refractivity contribution is -0.385. The third kappa shape index (κ3) is 3.70. The van der Waals surface area contributed by atoms with Gasteiger partial charge in [0.05, 0.1) is 24.3 Å². The van der Waals surface area contributed by atoms with Gasteiger partial charge in [-0.05, 0) is 16.0 Å². The van der Waals surface area contributed by atoms with Crippen LogP contribution in [0.15, 0.2) is 17.2 Å². The minimum absolute atomic E-state index is 0.0561. The minimum atomic E-state index is -0.682. The summed E-state index contributed by atoms with van der Waals surface area (Å²) in [4.78, 5) is 21.8. The second-order valence-electron chi connectivity index (χ2n) is 4.31. The summed E-state index contributed by atoms with van der Waals surface area (Å²) >= 11 is 0. The normalized spacial score (nSPS) is 10.7. The van der Waals surface area contributed by atoms with Gasteiger partial charge in [0.1, 0.15) is 12.3 Å². The molecule has 1 aromatic heterocycles. The van der Waals surface area contributed by atoms with Crippen LogP contribution in [-0.4, -0.2) is 44.4 Å². The number of hydrazone groups is 1. The third-order valence-electron chi connectivity index (χ3n) is 2.74. The van der Waals surface area contributed by atoms with E-state index in [2.05, 4.69) is 26.1 Å². The number of nitrogen functional groups attached to an aromatic ring is 1. The predicted molar refractivity (Wildman–Crippen MR) is 77.1 cm³/mol. The zero-order chi connectivity index (χ0) is 17.7. The number of aromatic nitrogens is 4. The van der Waals surface area contributed by atoms with Crippen LogP contribution in [0.5, 0.6) is 11.5 Å². The van der Waals surface area contributed by atoms with Crippen LogP contribution in [0.3, 0.4) is 0 Å². The smallest absolute Gasteiger partial charge is 0.273 e. The number of nitrogens with zero attached hydrogens (tertiary/aromatic N) is 6. The standard InChI is InChI=1S/C11H12N8O5/c1-24-8-3-7(19(22)23)2-6(10(8)21)4-13-14-9(20)5-18-11(12)15-16-17-18/h2-4,21H,5H2,1H3,(H,14,20)(H2,12,15,17)/p-1. The largest absolute Gasteiger partial charge is 0.870 e. The van der Waals surface area contributed by atoms with Gasteiger partial charge in [-0.3, -0.25) is 14.9 Å². The molecule has 126 valence electrons. The van der Waals surface area contributed by atoms with Crippen LogP contribution in [0.1, 0.15) is 5.56 Å². The average Bonchev–Trinajstić information content (AvgIpc) is 2.93. The Hall–Kier alpha value is -3.77. The maximum absolute atomic E-state index is 12.0. The van der Waals surface area contributed by atoms with Crippen LogP contribution >= 0.6 is 0 Å². The number of ether oxygens (including phenoxy) is 1. The predicted octanol–water partition coefficient (Wildman–Crippen LogP) is -1.60. The van der Waals surface area contributed by atoms with E-state index in [1.165, 1.54) is 7.11 Å². The van der Waals surface area contributed by atoms with E-state index in [9.17, 15) is 20.0 Å². The van der Waals surface area contributed by atoms with Crippen molar-refractivity contribution >= 4 is 23.8 Å². The first-order chi connectivity index (χ1) is 11.4. The maximum Gasteiger partial charge on any atom is 0.273 e. The maximum atomic E-state index is 12.0. The number of benzene rings is 1. The Kier molecular flexibility index (Phi) is 4.84. The van der Waals surface area contributed by atoms with Crippen molar-refractivity contribution in [3.8, 4) is 11.5 Å². The van der Waals surface area contributed by atoms with Gasteiger partial charge in [0.15, 0.2) is 0 Å². The van der Waals surface area contributed by atoms with Crippen molar-refractivity contribution in [1.82, 2.24) is 25.6 Å². The number of rotatable bonds is 6. The average molecular weight is 335 g/mol. The second-order valence-corrected chi connectivity index (χ2v) is 4.31. The van der Waals surface area contributed by atoms with E-state index in [-0.39, 0.29) is 29.5 Å². The molecule has 0 saturated carbocycles. The van der Waals surface area contributed by atoms with Crippen LogP contribution in [0.4, 0.5) is 11.6 Å². The first kappa shape index (κ1) is 16.6. The molecule has 2 aromatic rings. The van der Waals surface area contributed by atoms with E-state index in [0.717, 1.165) is 23.0 Å². The lowest BCUT2D eigenvalue weighted by Crippen LogP contribution is -2.24. The molecular formula is C11H11N8O5-. The molecule has 0 saturated heterocycles. The Bertz CT molecular complexity index is 802. The number of nitrogens with one attached hydrogen (secondary N) is 1. The Morgan fingerprint density at radius 2 is 2.33 bits per heavy atom. The Balaban J connectivity index is 2.11. The topological polar surface area (TPSA) is 187 Å². The fraction of sp³-hybridized carbons (Fsp3) is 0.182. The summed E-state index contributed by atoms with van der Waals surface area (Å²) < 4.78 is 5.81. The number of carbonyl (C=O) groups is 1. The molecule has 0 atom stereocenters. The Labute approximate surface area is 133 Å². The lowest BCUT2D eigenvalue weighted by atomic mass is 10.2. The molecule has 0 aliphatic heterocycles. The highest BCUT2D eigenvalue weighted by atomic mass is 16.6. The molecule has 0 spiro atoms. The van der Waals surface area contributed by atoms with Crippen LogP contribution < -0.4 is 21.0 Å². The Morgan fingerprint density at radius 1 is 1.58 bits per heavy atom. The van der Waals surface area contributed by atoms with Gasteiger partial charge < -0.3 is 15.6 Å². The highest BCUT2D eigenvalue weighted by molar-refractivity contribution is 5.87. The van der Waals surface area contributed by atoms with E-state index < -0.39 is 16.6 Å². The summed E-state index contributed by atoms with van der Waals surface area (Å²) in [6.07, 6.45) is 0.971. The lowest BCUT2D eigenvalue weighted by Gasteiger charge is -2.14. The fourth-order valence-corrected chi connectivity index (χ4v) is 1.63. The summed E-state index contributed by atoms with van der Waals surface area (Å²) in [5, 5.41) is 36.5. The van der Waals surface area contributed by atoms with Crippen molar-refractivity contribution in [1.29, 1.82) is 0 Å². The number of anilines is 1. The molecule has 13 heteroatoms. The Morgan fingerprint density at radius 3 is 2.92 bits per heavy atom. The van der Waals surface area contributed by atoms with E-state index >= 15 is 0 Å². The van der Waals surface area contributed by atoms with Gasteiger partial charge in [-0.15, -0.1) is 0 Å². The molecule has 24 heavy (non-hydrogen) atoms.